The summed E-state index contributed by atoms with van der Waals surface area (Å²) in [5.41, 5.74) is 5.59. The van der Waals surface area contributed by atoms with Crippen LogP contribution in [0.1, 0.15) is 55.8 Å². The summed E-state index contributed by atoms with van der Waals surface area (Å²) in [6.45, 7) is 2.38. The number of rotatable bonds is 8. The van der Waals surface area contributed by atoms with Crippen molar-refractivity contribution in [2.24, 2.45) is 0 Å². The Morgan fingerprint density at radius 2 is 1.79 bits per heavy atom. The Morgan fingerprint density at radius 3 is 2.50 bits per heavy atom. The van der Waals surface area contributed by atoms with Crippen LogP contribution in [0.15, 0.2) is 64.2 Å². The second kappa shape index (κ2) is 10.4. The quantitative estimate of drug-likeness (QED) is 0.519. The number of unbranched alkanes of at least 4 members (excludes halogenated alkanes) is 1. The molecule has 8 heteroatoms. The van der Waals surface area contributed by atoms with Crippen molar-refractivity contribution in [2.75, 3.05) is 10.6 Å². The zero-order valence-electron chi connectivity index (χ0n) is 19.3. The Bertz CT molecular complexity index is 1260. The number of nitrogens with zero attached hydrogens (tertiary/aromatic N) is 2. The van der Waals surface area contributed by atoms with Crippen LogP contribution in [0.5, 0.6) is 11.5 Å². The van der Waals surface area contributed by atoms with E-state index in [4.69, 9.17) is 10.5 Å². The van der Waals surface area contributed by atoms with E-state index in [1.807, 2.05) is 37.3 Å². The van der Waals surface area contributed by atoms with E-state index in [9.17, 15) is 14.4 Å². The number of hydrogen-bond donors (Lipinski definition) is 2. The van der Waals surface area contributed by atoms with Gasteiger partial charge in [0.05, 0.1) is 0 Å². The molecule has 1 amide bonds. The molecule has 34 heavy (non-hydrogen) atoms. The molecule has 8 nitrogen and oxygen atoms in total. The monoisotopic (exact) mass is 462 g/mol. The molecule has 1 fully saturated rings. The third-order valence-electron chi connectivity index (χ3n) is 6.16. The summed E-state index contributed by atoms with van der Waals surface area (Å²) in [6, 6.07) is 16.0. The molecule has 0 bridgehead atoms. The molecule has 4 rings (SSSR count). The lowest BCUT2D eigenvalue weighted by Crippen LogP contribution is -2.45. The van der Waals surface area contributed by atoms with Crippen molar-refractivity contribution in [1.82, 2.24) is 9.55 Å². The van der Waals surface area contributed by atoms with Crippen LogP contribution in [-0.4, -0.2) is 21.5 Å². The fraction of sp³-hybridized carbons (Fsp3) is 0.346. The number of aromatic amines is 1. The van der Waals surface area contributed by atoms with Crippen molar-refractivity contribution in [3.05, 3.63) is 81.0 Å². The molecule has 3 N–H and O–H groups in total. The number of anilines is 2. The van der Waals surface area contributed by atoms with Crippen LogP contribution in [0.3, 0.4) is 0 Å². The van der Waals surface area contributed by atoms with Crippen molar-refractivity contribution in [1.29, 1.82) is 0 Å². The summed E-state index contributed by atoms with van der Waals surface area (Å²) >= 11 is 0. The van der Waals surface area contributed by atoms with Gasteiger partial charge in [-0.2, -0.15) is 0 Å². The average Bonchev–Trinajstić information content (AvgIpc) is 3.36. The first-order valence-electron chi connectivity index (χ1n) is 11.8. The molecule has 0 atom stereocenters. The topological polar surface area (TPSA) is 110 Å². The van der Waals surface area contributed by atoms with E-state index < -0.39 is 11.2 Å². The molecule has 1 aliphatic carbocycles. The Morgan fingerprint density at radius 1 is 1.09 bits per heavy atom. The maximum atomic E-state index is 13.8. The highest BCUT2D eigenvalue weighted by molar-refractivity contribution is 6.07. The molecule has 2 aromatic carbocycles. The summed E-state index contributed by atoms with van der Waals surface area (Å²) in [5, 5.41) is 0. The third kappa shape index (κ3) is 4.90. The summed E-state index contributed by atoms with van der Waals surface area (Å²) in [7, 11) is 0. The van der Waals surface area contributed by atoms with Gasteiger partial charge in [-0.1, -0.05) is 50.5 Å². The standard InChI is InChI=1S/C26H30N4O4/c1-2-3-16-29-23(27)22(24(31)28-26(29)33)30(19-11-7-8-12-19)25(32)18-10-9-15-21(17-18)34-20-13-5-4-6-14-20/h4-6,9-10,13-15,17,19H,2-3,7-8,11-12,16,27H2,1H3,(H,28,31,33). The third-order valence-corrected chi connectivity index (χ3v) is 6.16. The predicted molar refractivity (Wildman–Crippen MR) is 133 cm³/mol. The first-order chi connectivity index (χ1) is 16.5. The van der Waals surface area contributed by atoms with E-state index in [1.54, 1.807) is 24.3 Å². The van der Waals surface area contributed by atoms with Crippen LogP contribution < -0.4 is 26.6 Å². The number of hydrogen-bond acceptors (Lipinski definition) is 5. The molecule has 0 aliphatic heterocycles. The van der Waals surface area contributed by atoms with Gasteiger partial charge in [-0.15, -0.1) is 0 Å². The van der Waals surface area contributed by atoms with Crippen molar-refractivity contribution in [3.8, 4) is 11.5 Å². The number of aromatic nitrogens is 2. The second-order valence-electron chi connectivity index (χ2n) is 8.55. The number of carbonyl (C=O) groups is 1. The molecular formula is C26H30N4O4. The fourth-order valence-electron chi connectivity index (χ4n) is 4.42. The van der Waals surface area contributed by atoms with Crippen LogP contribution in [0.25, 0.3) is 0 Å². The number of ether oxygens (including phenoxy) is 1. The molecule has 0 spiro atoms. The lowest BCUT2D eigenvalue weighted by molar-refractivity contribution is 0.0976. The first kappa shape index (κ1) is 23.4. The van der Waals surface area contributed by atoms with Gasteiger partial charge in [-0.05, 0) is 49.6 Å². The Labute approximate surface area is 198 Å². The smallest absolute Gasteiger partial charge is 0.330 e. The van der Waals surface area contributed by atoms with Crippen LogP contribution in [-0.2, 0) is 6.54 Å². The number of carbonyl (C=O) groups excluding carboxylic acids is 1. The van der Waals surface area contributed by atoms with E-state index in [0.717, 1.165) is 38.5 Å². The molecule has 1 aromatic heterocycles. The first-order valence-corrected chi connectivity index (χ1v) is 11.8. The number of H-pyrrole nitrogens is 1. The minimum absolute atomic E-state index is 0.0270. The van der Waals surface area contributed by atoms with Crippen LogP contribution in [0, 0.1) is 0 Å². The molecule has 0 radical (unpaired) electrons. The van der Waals surface area contributed by atoms with Crippen LogP contribution in [0.4, 0.5) is 11.5 Å². The summed E-state index contributed by atoms with van der Waals surface area (Å²) < 4.78 is 7.25. The number of amides is 1. The van der Waals surface area contributed by atoms with Gasteiger partial charge in [-0.3, -0.25) is 24.0 Å². The van der Waals surface area contributed by atoms with Crippen LogP contribution >= 0.6 is 0 Å². The van der Waals surface area contributed by atoms with Gasteiger partial charge >= 0.3 is 5.69 Å². The number of nitrogen functional groups attached to an aromatic ring is 1. The molecular weight excluding hydrogens is 432 g/mol. The summed E-state index contributed by atoms with van der Waals surface area (Å²) in [4.78, 5) is 43.1. The van der Waals surface area contributed by atoms with Gasteiger partial charge in [0, 0.05) is 18.2 Å². The number of benzene rings is 2. The molecule has 178 valence electrons. The zero-order valence-corrected chi connectivity index (χ0v) is 19.3. The van der Waals surface area contributed by atoms with E-state index in [2.05, 4.69) is 4.98 Å². The number of nitrogens with one attached hydrogen (secondary N) is 1. The number of nitrogens with two attached hydrogens (primary N) is 1. The lowest BCUT2D eigenvalue weighted by atomic mass is 10.1. The summed E-state index contributed by atoms with van der Waals surface area (Å²) in [6.07, 6.45) is 5.03. The minimum Gasteiger partial charge on any atom is -0.457 e. The second-order valence-corrected chi connectivity index (χ2v) is 8.55. The molecule has 0 saturated heterocycles. The molecule has 0 unspecified atom stereocenters. The molecule has 1 saturated carbocycles. The highest BCUT2D eigenvalue weighted by atomic mass is 16.5. The van der Waals surface area contributed by atoms with E-state index >= 15 is 0 Å². The van der Waals surface area contributed by atoms with Crippen molar-refractivity contribution >= 4 is 17.4 Å². The lowest BCUT2D eigenvalue weighted by Gasteiger charge is -2.30. The van der Waals surface area contributed by atoms with Crippen molar-refractivity contribution < 1.29 is 9.53 Å². The van der Waals surface area contributed by atoms with Gasteiger partial charge in [0.25, 0.3) is 11.5 Å². The Hall–Kier alpha value is -3.81. The van der Waals surface area contributed by atoms with Gasteiger partial charge in [-0.25, -0.2) is 4.79 Å². The maximum absolute atomic E-state index is 13.8. The fourth-order valence-corrected chi connectivity index (χ4v) is 4.42. The van der Waals surface area contributed by atoms with Gasteiger partial charge in [0.15, 0.2) is 5.69 Å². The van der Waals surface area contributed by atoms with Gasteiger partial charge in [0.1, 0.15) is 17.3 Å². The van der Waals surface area contributed by atoms with E-state index in [0.29, 0.717) is 23.6 Å². The SMILES string of the molecule is CCCCn1c(N)c(N(C(=O)c2cccc(Oc3ccccc3)c2)C2CCCC2)c(=O)[nH]c1=O. The highest BCUT2D eigenvalue weighted by Crippen LogP contribution is 2.31. The minimum atomic E-state index is -0.646. The van der Waals surface area contributed by atoms with E-state index in [1.165, 1.54) is 9.47 Å². The van der Waals surface area contributed by atoms with Crippen LogP contribution in [0.2, 0.25) is 0 Å². The maximum Gasteiger partial charge on any atom is 0.330 e. The zero-order chi connectivity index (χ0) is 24.1. The van der Waals surface area contributed by atoms with E-state index in [-0.39, 0.29) is 23.5 Å². The van der Waals surface area contributed by atoms with Crippen molar-refractivity contribution in [2.45, 2.75) is 58.0 Å². The average molecular weight is 463 g/mol. The molecule has 1 aliphatic rings. The highest BCUT2D eigenvalue weighted by Gasteiger charge is 2.33. The molecule has 1 heterocycles. The van der Waals surface area contributed by atoms with Gasteiger partial charge in [0.2, 0.25) is 0 Å². The summed E-state index contributed by atoms with van der Waals surface area (Å²) in [5.74, 6) is 0.851. The molecule has 3 aromatic rings. The predicted octanol–water partition coefficient (Wildman–Crippen LogP) is 4.30. The Kier molecular flexibility index (Phi) is 7.15. The largest absolute Gasteiger partial charge is 0.457 e. The Balaban J connectivity index is 1.75. The normalized spacial score (nSPS) is 13.7. The van der Waals surface area contributed by atoms with Gasteiger partial charge < -0.3 is 10.5 Å². The number of para-hydroxylation sites is 1. The van der Waals surface area contributed by atoms with Crippen molar-refractivity contribution in [3.63, 3.8) is 0 Å².